The number of H-pyrrole nitrogens is 1. The molecule has 0 spiro atoms. The fraction of sp³-hybridized carbons (Fsp3) is 0.368. The van der Waals surface area contributed by atoms with Crippen LogP contribution in [-0.4, -0.2) is 26.9 Å². The number of halogens is 1. The first kappa shape index (κ1) is 18.9. The highest BCUT2D eigenvalue weighted by atomic mass is 35.5. The van der Waals surface area contributed by atoms with E-state index in [0.29, 0.717) is 29.3 Å². The fourth-order valence-corrected chi connectivity index (χ4v) is 4.59. The molecule has 1 aliphatic heterocycles. The predicted molar refractivity (Wildman–Crippen MR) is 108 cm³/mol. The highest BCUT2D eigenvalue weighted by Gasteiger charge is 2.37. The first-order valence-corrected chi connectivity index (χ1v) is 10.0. The number of nitrogen functional groups attached to an aromatic ring is 1. The van der Waals surface area contributed by atoms with Crippen LogP contribution >= 0.6 is 11.6 Å². The molecule has 30 heavy (non-hydrogen) atoms. The largest absolute Gasteiger partial charge is 0.468 e. The van der Waals surface area contributed by atoms with Gasteiger partial charge in [0.25, 0.3) is 11.5 Å². The van der Waals surface area contributed by atoms with Crippen LogP contribution < -0.4 is 32.6 Å². The Morgan fingerprint density at radius 1 is 1.23 bits per heavy atom. The minimum atomic E-state index is -0.735. The zero-order chi connectivity index (χ0) is 21.2. The molecule has 1 amide bonds. The number of hydrogen-bond donors (Lipinski definition) is 4. The predicted octanol–water partition coefficient (Wildman–Crippen LogP) is 0.321. The van der Waals surface area contributed by atoms with Gasteiger partial charge in [-0.15, -0.1) is 5.10 Å². The van der Waals surface area contributed by atoms with E-state index in [-0.39, 0.29) is 17.6 Å². The number of benzene rings is 1. The molecule has 2 unspecified atom stereocenters. The number of fused-ring (bicyclic) bond motifs is 1. The molecule has 2 heterocycles. The summed E-state index contributed by atoms with van der Waals surface area (Å²) in [5, 5.41) is 4.20. The van der Waals surface area contributed by atoms with Gasteiger partial charge in [0, 0.05) is 11.1 Å². The number of ether oxygens (including phenoxy) is 1. The summed E-state index contributed by atoms with van der Waals surface area (Å²) in [6, 6.07) is 1.58. The van der Waals surface area contributed by atoms with Crippen molar-refractivity contribution in [1.82, 2.24) is 25.6 Å². The Labute approximate surface area is 175 Å². The third kappa shape index (κ3) is 2.75. The van der Waals surface area contributed by atoms with Crippen molar-refractivity contribution in [2.24, 2.45) is 5.92 Å². The van der Waals surface area contributed by atoms with Crippen molar-refractivity contribution in [2.45, 2.75) is 38.8 Å². The van der Waals surface area contributed by atoms with Gasteiger partial charge in [-0.2, -0.15) is 10.1 Å². The summed E-state index contributed by atoms with van der Waals surface area (Å²) in [6.07, 6.45) is 2.57. The van der Waals surface area contributed by atoms with E-state index in [0.717, 1.165) is 39.8 Å². The lowest BCUT2D eigenvalue weighted by molar-refractivity contribution is -0.120. The molecule has 5 N–H and O–H groups in total. The van der Waals surface area contributed by atoms with Crippen LogP contribution in [0.5, 0.6) is 5.75 Å². The van der Waals surface area contributed by atoms with E-state index in [1.165, 1.54) is 0 Å². The average Bonchev–Trinajstić information content (AvgIpc) is 3.06. The van der Waals surface area contributed by atoms with Gasteiger partial charge >= 0.3 is 5.69 Å². The van der Waals surface area contributed by atoms with Gasteiger partial charge in [-0.1, -0.05) is 18.5 Å². The number of carbonyl (C=O) groups excluding carboxylic acids is 1. The van der Waals surface area contributed by atoms with Gasteiger partial charge in [0.05, 0.1) is 10.7 Å². The molecule has 0 saturated carbocycles. The van der Waals surface area contributed by atoms with Crippen molar-refractivity contribution in [3.8, 4) is 11.4 Å². The van der Waals surface area contributed by atoms with Crippen molar-refractivity contribution in [1.29, 1.82) is 0 Å². The minimum Gasteiger partial charge on any atom is -0.468 e. The summed E-state index contributed by atoms with van der Waals surface area (Å²) < 4.78 is 7.26. The summed E-state index contributed by atoms with van der Waals surface area (Å²) in [4.78, 5) is 38.1. The van der Waals surface area contributed by atoms with E-state index < -0.39 is 17.5 Å². The molecule has 2 aromatic rings. The van der Waals surface area contributed by atoms with Crippen LogP contribution in [0.25, 0.3) is 5.69 Å². The number of nitrogens with one attached hydrogen (secondary N) is 3. The zero-order valence-electron chi connectivity index (χ0n) is 16.0. The number of nitrogens with zero attached hydrogens (tertiary/aromatic N) is 2. The highest BCUT2D eigenvalue weighted by Crippen LogP contribution is 2.43. The number of hydrazine groups is 1. The highest BCUT2D eigenvalue weighted by molar-refractivity contribution is 6.32. The normalized spacial score (nSPS) is 22.3. The Morgan fingerprint density at radius 2 is 2.00 bits per heavy atom. The first-order valence-electron chi connectivity index (χ1n) is 9.64. The van der Waals surface area contributed by atoms with Crippen LogP contribution in [-0.2, 0) is 17.6 Å². The summed E-state index contributed by atoms with van der Waals surface area (Å²) in [5.41, 5.74) is 13.6. The Balaban J connectivity index is 1.55. The molecule has 1 aromatic heterocycles. The van der Waals surface area contributed by atoms with Gasteiger partial charge in [-0.05, 0) is 48.8 Å². The van der Waals surface area contributed by atoms with Gasteiger partial charge < -0.3 is 10.5 Å². The average molecular weight is 431 g/mol. The van der Waals surface area contributed by atoms with E-state index in [2.05, 4.69) is 20.9 Å². The third-order valence-corrected chi connectivity index (χ3v) is 6.21. The topological polar surface area (TPSA) is 144 Å². The second-order valence-corrected chi connectivity index (χ2v) is 8.10. The first-order chi connectivity index (χ1) is 14.3. The summed E-state index contributed by atoms with van der Waals surface area (Å²) in [6.45, 7) is 2.03. The van der Waals surface area contributed by atoms with Gasteiger partial charge in [0.15, 0.2) is 6.23 Å². The summed E-state index contributed by atoms with van der Waals surface area (Å²) >= 11 is 6.53. The molecule has 3 aliphatic rings. The molecule has 2 atom stereocenters. The molecule has 10 nitrogen and oxygen atoms in total. The van der Waals surface area contributed by atoms with Gasteiger partial charge in [-0.3, -0.25) is 20.0 Å². The molecule has 0 bridgehead atoms. The van der Waals surface area contributed by atoms with Crippen LogP contribution in [0.3, 0.4) is 0 Å². The Hall–Kier alpha value is -3.11. The van der Waals surface area contributed by atoms with E-state index >= 15 is 0 Å². The lowest BCUT2D eigenvalue weighted by atomic mass is 9.86. The van der Waals surface area contributed by atoms with Crippen molar-refractivity contribution < 1.29 is 9.53 Å². The Morgan fingerprint density at radius 3 is 2.73 bits per heavy atom. The quantitative estimate of drug-likeness (QED) is 0.548. The fourth-order valence-electron chi connectivity index (χ4n) is 4.33. The molecule has 5 rings (SSSR count). The molecule has 0 radical (unpaired) electrons. The van der Waals surface area contributed by atoms with Crippen molar-refractivity contribution in [3.63, 3.8) is 0 Å². The van der Waals surface area contributed by atoms with Crippen LogP contribution in [0.1, 0.15) is 30.9 Å². The lowest BCUT2D eigenvalue weighted by Gasteiger charge is -2.32. The second-order valence-electron chi connectivity index (χ2n) is 7.70. The number of aromatic nitrogens is 3. The number of rotatable bonds is 3. The molecule has 156 valence electrons. The Bertz CT molecular complexity index is 1250. The summed E-state index contributed by atoms with van der Waals surface area (Å²) in [5.74, 6) is 0.256. The monoisotopic (exact) mass is 430 g/mol. The number of amides is 1. The Kier molecular flexibility index (Phi) is 4.23. The third-order valence-electron chi connectivity index (χ3n) is 5.93. The lowest BCUT2D eigenvalue weighted by Crippen LogP contribution is -2.53. The molecule has 0 fully saturated rings. The van der Waals surface area contributed by atoms with Gasteiger partial charge in [-0.25, -0.2) is 4.79 Å². The van der Waals surface area contributed by atoms with Crippen molar-refractivity contribution in [3.05, 3.63) is 54.2 Å². The van der Waals surface area contributed by atoms with E-state index in [1.54, 1.807) is 6.07 Å². The maximum absolute atomic E-state index is 12.2. The van der Waals surface area contributed by atoms with E-state index in [1.807, 2.05) is 6.92 Å². The molecule has 2 aliphatic carbocycles. The number of carbonyl (C=O) groups is 1. The zero-order valence-corrected chi connectivity index (χ0v) is 16.8. The maximum atomic E-state index is 12.2. The maximum Gasteiger partial charge on any atom is 0.349 e. The van der Waals surface area contributed by atoms with Crippen molar-refractivity contribution in [2.75, 3.05) is 5.73 Å². The number of anilines is 1. The van der Waals surface area contributed by atoms with E-state index in [9.17, 15) is 14.4 Å². The second kappa shape index (κ2) is 6.71. The van der Waals surface area contributed by atoms with Crippen LogP contribution in [0.15, 0.2) is 26.8 Å². The van der Waals surface area contributed by atoms with Crippen LogP contribution in [0.4, 0.5) is 5.82 Å². The molecule has 11 heteroatoms. The molecule has 1 aromatic carbocycles. The minimum absolute atomic E-state index is 0.120. The molecule has 0 saturated heterocycles. The standard InChI is InChI=1S/C19H19ClN6O4/c1-7-2-3-10-13(7)16(27)23-24-18(10)30-14-9-5-4-8(9)12(6-11(14)20)26-19(29)22-17(28)15(21)25-26/h6-7,18,24H,2-5H2,1H3,(H2,21,25)(H,23,27)(H,22,28,29). The van der Waals surface area contributed by atoms with E-state index in [4.69, 9.17) is 22.1 Å². The van der Waals surface area contributed by atoms with Crippen LogP contribution in [0.2, 0.25) is 5.02 Å². The number of hydrogen-bond acceptors (Lipinski definition) is 7. The number of nitrogens with two attached hydrogens (primary N) is 1. The SMILES string of the molecule is CC1CCC2=C1C(=O)NNC2Oc1c(Cl)cc(-n2nc(N)c(=O)[nH]c2=O)c2c1CC2. The summed E-state index contributed by atoms with van der Waals surface area (Å²) in [7, 11) is 0. The van der Waals surface area contributed by atoms with Crippen LogP contribution in [0, 0.1) is 5.92 Å². The van der Waals surface area contributed by atoms with Crippen molar-refractivity contribution >= 4 is 23.3 Å². The smallest absolute Gasteiger partial charge is 0.349 e. The molecular formula is C19H19ClN6O4. The van der Waals surface area contributed by atoms with Gasteiger partial charge in [0.2, 0.25) is 5.82 Å². The molecular weight excluding hydrogens is 412 g/mol. The van der Waals surface area contributed by atoms with Gasteiger partial charge in [0.1, 0.15) is 5.75 Å². The number of aromatic amines is 1.